The highest BCUT2D eigenvalue weighted by Crippen LogP contribution is 2.24. The lowest BCUT2D eigenvalue weighted by Crippen LogP contribution is -2.02. The third kappa shape index (κ3) is 2.72. The largest absolute Gasteiger partial charge is 0.380 e. The number of rotatable bonds is 4. The van der Waals surface area contributed by atoms with Crippen molar-refractivity contribution in [2.45, 2.75) is 6.54 Å². The fraction of sp³-hybridized carbons (Fsp3) is 0.0833. The number of nitrogens with one attached hydrogen (secondary N) is 1. The Kier molecular flexibility index (Phi) is 3.51. The van der Waals surface area contributed by atoms with E-state index < -0.39 is 0 Å². The molecule has 0 spiro atoms. The van der Waals surface area contributed by atoms with Gasteiger partial charge in [-0.05, 0) is 28.6 Å². The molecular weight excluding hydrogens is 278 g/mol. The van der Waals surface area contributed by atoms with Gasteiger partial charge in [-0.15, -0.1) is 5.10 Å². The van der Waals surface area contributed by atoms with Crippen LogP contribution in [0.25, 0.3) is 5.69 Å². The molecular formula is C12H10ClN7. The van der Waals surface area contributed by atoms with E-state index in [0.717, 1.165) is 16.9 Å². The molecule has 0 atom stereocenters. The van der Waals surface area contributed by atoms with Gasteiger partial charge >= 0.3 is 0 Å². The first-order valence-corrected chi connectivity index (χ1v) is 6.21. The molecule has 7 nitrogen and oxygen atoms in total. The number of benzene rings is 1. The number of anilines is 1. The van der Waals surface area contributed by atoms with Crippen molar-refractivity contribution < 1.29 is 0 Å². The number of hydrogen-bond acceptors (Lipinski definition) is 6. The number of halogens is 1. The van der Waals surface area contributed by atoms with Crippen molar-refractivity contribution in [3.63, 3.8) is 0 Å². The Morgan fingerprint density at radius 2 is 2.05 bits per heavy atom. The zero-order valence-electron chi connectivity index (χ0n) is 10.3. The first kappa shape index (κ1) is 12.5. The van der Waals surface area contributed by atoms with Crippen LogP contribution in [0.2, 0.25) is 5.02 Å². The van der Waals surface area contributed by atoms with Crippen LogP contribution in [0.15, 0.2) is 43.2 Å². The second kappa shape index (κ2) is 5.62. The molecule has 0 amide bonds. The predicted molar refractivity (Wildman–Crippen MR) is 73.5 cm³/mol. The van der Waals surface area contributed by atoms with E-state index in [1.54, 1.807) is 23.1 Å². The maximum absolute atomic E-state index is 6.17. The topological polar surface area (TPSA) is 81.4 Å². The summed E-state index contributed by atoms with van der Waals surface area (Å²) in [5.74, 6) is 0. The summed E-state index contributed by atoms with van der Waals surface area (Å²) in [5, 5.41) is 14.9. The average Bonchev–Trinajstić information content (AvgIpc) is 3.02. The summed E-state index contributed by atoms with van der Waals surface area (Å²) >= 11 is 6.17. The van der Waals surface area contributed by atoms with Gasteiger partial charge < -0.3 is 5.32 Å². The van der Waals surface area contributed by atoms with Crippen molar-refractivity contribution in [2.75, 3.05) is 5.32 Å². The van der Waals surface area contributed by atoms with Crippen LogP contribution < -0.4 is 5.32 Å². The van der Waals surface area contributed by atoms with Gasteiger partial charge in [0.1, 0.15) is 12.7 Å². The minimum absolute atomic E-state index is 0.583. The van der Waals surface area contributed by atoms with Crippen LogP contribution in [-0.2, 0) is 6.54 Å². The van der Waals surface area contributed by atoms with Crippen LogP contribution in [0.5, 0.6) is 0 Å². The second-order valence-corrected chi connectivity index (χ2v) is 4.43. The van der Waals surface area contributed by atoms with Crippen molar-refractivity contribution in [3.8, 4) is 5.69 Å². The van der Waals surface area contributed by atoms with Gasteiger partial charge in [0.05, 0.1) is 16.4 Å². The molecule has 0 radical (unpaired) electrons. The molecule has 0 aliphatic heterocycles. The summed E-state index contributed by atoms with van der Waals surface area (Å²) in [6.07, 6.45) is 6.52. The molecule has 0 bridgehead atoms. The molecule has 0 aliphatic rings. The molecule has 2 heterocycles. The number of tetrazole rings is 1. The van der Waals surface area contributed by atoms with Gasteiger partial charge in [-0.3, -0.25) is 0 Å². The Morgan fingerprint density at radius 3 is 2.80 bits per heavy atom. The zero-order valence-corrected chi connectivity index (χ0v) is 11.1. The normalized spacial score (nSPS) is 10.4. The molecule has 0 aliphatic carbocycles. The minimum atomic E-state index is 0.583. The smallest absolute Gasteiger partial charge is 0.143 e. The van der Waals surface area contributed by atoms with Gasteiger partial charge in [0.25, 0.3) is 0 Å². The van der Waals surface area contributed by atoms with E-state index in [1.807, 2.05) is 12.1 Å². The van der Waals surface area contributed by atoms with Crippen LogP contribution in [0.4, 0.5) is 5.69 Å². The molecule has 0 fully saturated rings. The number of aromatic nitrogens is 6. The van der Waals surface area contributed by atoms with Gasteiger partial charge in [-0.2, -0.15) is 0 Å². The molecule has 0 saturated heterocycles. The standard InChI is InChI=1S/C12H10ClN7/c13-11-2-1-10(20-8-17-18-19-20)3-12(11)16-6-9-4-14-7-15-5-9/h1-5,7-8,16H,6H2. The third-order valence-corrected chi connectivity index (χ3v) is 2.99. The second-order valence-electron chi connectivity index (χ2n) is 4.02. The molecule has 3 rings (SSSR count). The summed E-state index contributed by atoms with van der Waals surface area (Å²) in [6.45, 7) is 0.583. The number of hydrogen-bond donors (Lipinski definition) is 1. The Bertz CT molecular complexity index is 684. The fourth-order valence-electron chi connectivity index (χ4n) is 1.69. The molecule has 8 heteroatoms. The van der Waals surface area contributed by atoms with E-state index in [1.165, 1.54) is 12.7 Å². The SMILES string of the molecule is Clc1ccc(-n2cnnn2)cc1NCc1cncnc1. The van der Waals surface area contributed by atoms with Crippen molar-refractivity contribution in [1.82, 2.24) is 30.2 Å². The average molecular weight is 288 g/mol. The highest BCUT2D eigenvalue weighted by Gasteiger charge is 2.04. The minimum Gasteiger partial charge on any atom is -0.380 e. The summed E-state index contributed by atoms with van der Waals surface area (Å²) < 4.78 is 1.56. The van der Waals surface area contributed by atoms with Gasteiger partial charge in [0, 0.05) is 24.5 Å². The summed E-state index contributed by atoms with van der Waals surface area (Å²) in [6, 6.07) is 5.51. The molecule has 0 saturated carbocycles. The zero-order chi connectivity index (χ0) is 13.8. The van der Waals surface area contributed by atoms with Crippen LogP contribution in [-0.4, -0.2) is 30.2 Å². The van der Waals surface area contributed by atoms with E-state index in [0.29, 0.717) is 11.6 Å². The molecule has 2 aromatic heterocycles. The maximum atomic E-state index is 6.17. The Balaban J connectivity index is 1.80. The van der Waals surface area contributed by atoms with E-state index in [4.69, 9.17) is 11.6 Å². The molecule has 1 N–H and O–H groups in total. The quantitative estimate of drug-likeness (QED) is 0.787. The Hall–Kier alpha value is -2.54. The number of nitrogens with zero attached hydrogens (tertiary/aromatic N) is 6. The van der Waals surface area contributed by atoms with Crippen molar-refractivity contribution in [3.05, 3.63) is 53.8 Å². The predicted octanol–water partition coefficient (Wildman–Crippen LogP) is 1.72. The van der Waals surface area contributed by atoms with Crippen molar-refractivity contribution in [1.29, 1.82) is 0 Å². The van der Waals surface area contributed by atoms with Crippen molar-refractivity contribution >= 4 is 17.3 Å². The highest BCUT2D eigenvalue weighted by molar-refractivity contribution is 6.33. The lowest BCUT2D eigenvalue weighted by atomic mass is 10.2. The van der Waals surface area contributed by atoms with Crippen LogP contribution in [0, 0.1) is 0 Å². The van der Waals surface area contributed by atoms with Gasteiger partial charge in [0.2, 0.25) is 0 Å². The first-order valence-electron chi connectivity index (χ1n) is 5.83. The first-order chi connectivity index (χ1) is 9.83. The van der Waals surface area contributed by atoms with E-state index in [9.17, 15) is 0 Å². The monoisotopic (exact) mass is 287 g/mol. The van der Waals surface area contributed by atoms with E-state index in [-0.39, 0.29) is 0 Å². The summed E-state index contributed by atoms with van der Waals surface area (Å²) in [5.41, 5.74) is 2.59. The lowest BCUT2D eigenvalue weighted by molar-refractivity contribution is 0.789. The molecule has 3 aromatic rings. The fourth-order valence-corrected chi connectivity index (χ4v) is 1.87. The molecule has 20 heavy (non-hydrogen) atoms. The maximum Gasteiger partial charge on any atom is 0.143 e. The Labute approximate surface area is 119 Å². The lowest BCUT2D eigenvalue weighted by Gasteiger charge is -2.09. The summed E-state index contributed by atoms with van der Waals surface area (Å²) in [4.78, 5) is 7.93. The van der Waals surface area contributed by atoms with Crippen LogP contribution >= 0.6 is 11.6 Å². The Morgan fingerprint density at radius 1 is 1.20 bits per heavy atom. The van der Waals surface area contributed by atoms with Crippen LogP contribution in [0.3, 0.4) is 0 Å². The third-order valence-electron chi connectivity index (χ3n) is 2.66. The molecule has 0 unspecified atom stereocenters. The van der Waals surface area contributed by atoms with Gasteiger partial charge in [-0.25, -0.2) is 14.6 Å². The van der Waals surface area contributed by atoms with E-state index >= 15 is 0 Å². The van der Waals surface area contributed by atoms with Gasteiger partial charge in [0.15, 0.2) is 0 Å². The summed E-state index contributed by atoms with van der Waals surface area (Å²) in [7, 11) is 0. The molecule has 1 aromatic carbocycles. The van der Waals surface area contributed by atoms with Gasteiger partial charge in [-0.1, -0.05) is 11.6 Å². The molecule has 100 valence electrons. The highest BCUT2D eigenvalue weighted by atomic mass is 35.5. The van der Waals surface area contributed by atoms with Crippen LogP contribution in [0.1, 0.15) is 5.56 Å². The van der Waals surface area contributed by atoms with Crippen molar-refractivity contribution in [2.24, 2.45) is 0 Å². The van der Waals surface area contributed by atoms with E-state index in [2.05, 4.69) is 30.8 Å².